The second kappa shape index (κ2) is 5.40. The highest BCUT2D eigenvalue weighted by Gasteiger charge is 2.26. The van der Waals surface area contributed by atoms with Crippen molar-refractivity contribution in [1.29, 1.82) is 0 Å². The molecule has 2 N–H and O–H groups in total. The van der Waals surface area contributed by atoms with E-state index < -0.39 is 0 Å². The minimum atomic E-state index is -0.255. The summed E-state index contributed by atoms with van der Waals surface area (Å²) in [5, 5.41) is 6.09. The van der Waals surface area contributed by atoms with Gasteiger partial charge in [0.25, 0.3) is 0 Å². The van der Waals surface area contributed by atoms with Crippen LogP contribution >= 0.6 is 0 Å². The molecule has 0 aromatic heterocycles. The summed E-state index contributed by atoms with van der Waals surface area (Å²) in [5.74, 6) is -0.0532. The quantitative estimate of drug-likeness (QED) is 0.850. The van der Waals surface area contributed by atoms with E-state index >= 15 is 0 Å². The molecule has 1 amide bonds. The van der Waals surface area contributed by atoms with E-state index in [1.807, 2.05) is 24.3 Å². The van der Waals surface area contributed by atoms with Gasteiger partial charge >= 0.3 is 0 Å². The zero-order valence-corrected chi connectivity index (χ0v) is 11.7. The van der Waals surface area contributed by atoms with Crippen molar-refractivity contribution in [3.63, 3.8) is 0 Å². The summed E-state index contributed by atoms with van der Waals surface area (Å²) < 4.78 is 0. The molecule has 4 heteroatoms. The van der Waals surface area contributed by atoms with E-state index in [1.54, 1.807) is 24.3 Å². The minimum Gasteiger partial charge on any atom is -0.373 e. The number of carbonyl (C=O) groups excluding carboxylic acids is 2. The van der Waals surface area contributed by atoms with Crippen molar-refractivity contribution in [2.24, 2.45) is 0 Å². The molecule has 1 aliphatic heterocycles. The Hall–Kier alpha value is -2.62. The van der Waals surface area contributed by atoms with E-state index in [-0.39, 0.29) is 17.7 Å². The average molecular weight is 280 g/mol. The van der Waals surface area contributed by atoms with Crippen molar-refractivity contribution >= 4 is 23.1 Å². The van der Waals surface area contributed by atoms with Crippen LogP contribution < -0.4 is 10.6 Å². The third-order valence-electron chi connectivity index (χ3n) is 3.65. The summed E-state index contributed by atoms with van der Waals surface area (Å²) in [4.78, 5) is 23.5. The SMILES string of the molecule is CC(=O)c1ccc(NC(=O)[C@@H]2Cc3ccccc3N2)cc1. The molecular weight excluding hydrogens is 264 g/mol. The maximum absolute atomic E-state index is 12.3. The Morgan fingerprint density at radius 2 is 1.81 bits per heavy atom. The number of anilines is 2. The number of hydrogen-bond acceptors (Lipinski definition) is 3. The molecule has 0 radical (unpaired) electrons. The van der Waals surface area contributed by atoms with Crippen LogP contribution in [0.4, 0.5) is 11.4 Å². The van der Waals surface area contributed by atoms with Gasteiger partial charge in [0.05, 0.1) is 0 Å². The Morgan fingerprint density at radius 1 is 1.10 bits per heavy atom. The fourth-order valence-corrected chi connectivity index (χ4v) is 2.47. The zero-order chi connectivity index (χ0) is 14.8. The largest absolute Gasteiger partial charge is 0.373 e. The summed E-state index contributed by atoms with van der Waals surface area (Å²) in [7, 11) is 0. The molecule has 21 heavy (non-hydrogen) atoms. The number of para-hydroxylation sites is 1. The number of ketones is 1. The third-order valence-corrected chi connectivity index (χ3v) is 3.65. The van der Waals surface area contributed by atoms with E-state index in [4.69, 9.17) is 0 Å². The van der Waals surface area contributed by atoms with Crippen molar-refractivity contribution in [3.05, 3.63) is 59.7 Å². The van der Waals surface area contributed by atoms with Crippen molar-refractivity contribution in [2.45, 2.75) is 19.4 Å². The molecule has 1 heterocycles. The van der Waals surface area contributed by atoms with Gasteiger partial charge in [-0.05, 0) is 42.8 Å². The van der Waals surface area contributed by atoms with Gasteiger partial charge in [-0.2, -0.15) is 0 Å². The van der Waals surface area contributed by atoms with E-state index in [0.29, 0.717) is 17.7 Å². The maximum atomic E-state index is 12.3. The molecular formula is C17H16N2O2. The highest BCUT2D eigenvalue weighted by Crippen LogP contribution is 2.25. The van der Waals surface area contributed by atoms with E-state index in [0.717, 1.165) is 11.3 Å². The van der Waals surface area contributed by atoms with Crippen molar-refractivity contribution in [2.75, 3.05) is 10.6 Å². The fourth-order valence-electron chi connectivity index (χ4n) is 2.47. The lowest BCUT2D eigenvalue weighted by Gasteiger charge is -2.12. The highest BCUT2D eigenvalue weighted by atomic mass is 16.2. The number of Topliss-reactive ketones (excluding diaryl/α,β-unsaturated/α-hetero) is 1. The first-order valence-electron chi connectivity index (χ1n) is 6.90. The Morgan fingerprint density at radius 3 is 2.48 bits per heavy atom. The molecule has 0 saturated heterocycles. The molecule has 2 aromatic carbocycles. The number of benzene rings is 2. The van der Waals surface area contributed by atoms with Crippen LogP contribution in [0.2, 0.25) is 0 Å². The van der Waals surface area contributed by atoms with Gasteiger partial charge in [-0.3, -0.25) is 9.59 Å². The average Bonchev–Trinajstić information content (AvgIpc) is 2.92. The molecule has 4 nitrogen and oxygen atoms in total. The lowest BCUT2D eigenvalue weighted by atomic mass is 10.1. The van der Waals surface area contributed by atoms with Gasteiger partial charge in [0.1, 0.15) is 6.04 Å². The lowest BCUT2D eigenvalue weighted by Crippen LogP contribution is -2.32. The minimum absolute atomic E-state index is 0.0146. The normalized spacial score (nSPS) is 16.0. The maximum Gasteiger partial charge on any atom is 0.247 e. The topological polar surface area (TPSA) is 58.2 Å². The van der Waals surface area contributed by atoms with Crippen LogP contribution in [0.15, 0.2) is 48.5 Å². The number of carbonyl (C=O) groups is 2. The van der Waals surface area contributed by atoms with Gasteiger partial charge in [-0.1, -0.05) is 18.2 Å². The predicted molar refractivity (Wildman–Crippen MR) is 82.6 cm³/mol. The van der Waals surface area contributed by atoms with Crippen molar-refractivity contribution < 1.29 is 9.59 Å². The first-order valence-corrected chi connectivity index (χ1v) is 6.90. The van der Waals surface area contributed by atoms with Gasteiger partial charge < -0.3 is 10.6 Å². The molecule has 106 valence electrons. The highest BCUT2D eigenvalue weighted by molar-refractivity contribution is 5.99. The number of fused-ring (bicyclic) bond motifs is 1. The number of rotatable bonds is 3. The van der Waals surface area contributed by atoms with Crippen LogP contribution in [-0.2, 0) is 11.2 Å². The van der Waals surface area contributed by atoms with Gasteiger partial charge in [-0.15, -0.1) is 0 Å². The summed E-state index contributed by atoms with van der Waals surface area (Å²) in [6.07, 6.45) is 0.688. The standard InChI is InChI=1S/C17H16N2O2/c1-11(20)12-6-8-14(9-7-12)18-17(21)16-10-13-4-2-3-5-15(13)19-16/h2-9,16,19H,10H2,1H3,(H,18,21)/t16-/m0/s1. The fraction of sp³-hybridized carbons (Fsp3) is 0.176. The van der Waals surface area contributed by atoms with Crippen LogP contribution in [0, 0.1) is 0 Å². The van der Waals surface area contributed by atoms with Crippen LogP contribution in [0.1, 0.15) is 22.8 Å². The van der Waals surface area contributed by atoms with Gasteiger partial charge in [0, 0.05) is 23.4 Å². The lowest BCUT2D eigenvalue weighted by molar-refractivity contribution is -0.116. The molecule has 0 unspecified atom stereocenters. The van der Waals surface area contributed by atoms with Gasteiger partial charge in [0.15, 0.2) is 5.78 Å². The molecule has 2 aromatic rings. The van der Waals surface area contributed by atoms with Crippen LogP contribution in [0.5, 0.6) is 0 Å². The van der Waals surface area contributed by atoms with Gasteiger partial charge in [0.2, 0.25) is 5.91 Å². The number of nitrogens with one attached hydrogen (secondary N) is 2. The van der Waals surface area contributed by atoms with E-state index in [1.165, 1.54) is 6.92 Å². The summed E-state index contributed by atoms with van der Waals surface area (Å²) in [5.41, 5.74) is 3.51. The number of hydrogen-bond donors (Lipinski definition) is 2. The first-order chi connectivity index (χ1) is 10.1. The molecule has 0 aliphatic carbocycles. The summed E-state index contributed by atoms with van der Waals surface area (Å²) in [6.45, 7) is 1.52. The zero-order valence-electron chi connectivity index (χ0n) is 11.7. The summed E-state index contributed by atoms with van der Waals surface area (Å²) >= 11 is 0. The Labute approximate surface area is 123 Å². The Bertz CT molecular complexity index is 667. The first kappa shape index (κ1) is 13.4. The monoisotopic (exact) mass is 280 g/mol. The van der Waals surface area contributed by atoms with Crippen LogP contribution in [-0.4, -0.2) is 17.7 Å². The van der Waals surface area contributed by atoms with Gasteiger partial charge in [-0.25, -0.2) is 0 Å². The molecule has 1 aliphatic rings. The van der Waals surface area contributed by atoms with E-state index in [9.17, 15) is 9.59 Å². The molecule has 1 atom stereocenters. The van der Waals surface area contributed by atoms with Crippen molar-refractivity contribution in [1.82, 2.24) is 0 Å². The van der Waals surface area contributed by atoms with Crippen LogP contribution in [0.3, 0.4) is 0 Å². The second-order valence-electron chi connectivity index (χ2n) is 5.18. The molecule has 3 rings (SSSR count). The predicted octanol–water partition coefficient (Wildman–Crippen LogP) is 2.86. The van der Waals surface area contributed by atoms with Crippen molar-refractivity contribution in [3.8, 4) is 0 Å². The smallest absolute Gasteiger partial charge is 0.247 e. The van der Waals surface area contributed by atoms with Crippen LogP contribution in [0.25, 0.3) is 0 Å². The number of amides is 1. The molecule has 0 fully saturated rings. The summed E-state index contributed by atoms with van der Waals surface area (Å²) in [6, 6.07) is 14.6. The second-order valence-corrected chi connectivity index (χ2v) is 5.18. The third kappa shape index (κ3) is 2.79. The van der Waals surface area contributed by atoms with E-state index in [2.05, 4.69) is 10.6 Å². The molecule has 0 spiro atoms. The Balaban J connectivity index is 1.66. The molecule has 0 bridgehead atoms. The Kier molecular flexibility index (Phi) is 3.44. The molecule has 0 saturated carbocycles.